The zero-order chi connectivity index (χ0) is 26.2. The summed E-state index contributed by atoms with van der Waals surface area (Å²) in [5.41, 5.74) is 3.65. The molecule has 0 aliphatic carbocycles. The number of alkyl halides is 3. The number of nitrogens with one attached hydrogen (secondary N) is 2. The van der Waals surface area contributed by atoms with Crippen molar-refractivity contribution in [3.05, 3.63) is 95.4 Å². The third kappa shape index (κ3) is 7.84. The third-order valence-corrected chi connectivity index (χ3v) is 7.01. The summed E-state index contributed by atoms with van der Waals surface area (Å²) in [5.74, 6) is -1.17. The van der Waals surface area contributed by atoms with Crippen molar-refractivity contribution in [1.29, 1.82) is 0 Å². The predicted molar refractivity (Wildman–Crippen MR) is 137 cm³/mol. The highest BCUT2D eigenvalue weighted by Gasteiger charge is 2.43. The van der Waals surface area contributed by atoms with E-state index in [1.54, 1.807) is 25.1 Å². The molecule has 0 saturated carbocycles. The first-order valence-electron chi connectivity index (χ1n) is 11.7. The molecule has 0 bridgehead atoms. The van der Waals surface area contributed by atoms with Crippen molar-refractivity contribution in [2.75, 3.05) is 19.6 Å². The van der Waals surface area contributed by atoms with Gasteiger partial charge in [-0.05, 0) is 92.6 Å². The van der Waals surface area contributed by atoms with Gasteiger partial charge in [-0.3, -0.25) is 0 Å². The predicted octanol–water partition coefficient (Wildman–Crippen LogP) is 7.90. The lowest BCUT2D eigenvalue weighted by atomic mass is 9.62. The van der Waals surface area contributed by atoms with Crippen molar-refractivity contribution in [3.63, 3.8) is 0 Å². The van der Waals surface area contributed by atoms with E-state index in [4.69, 9.17) is 11.6 Å². The summed E-state index contributed by atoms with van der Waals surface area (Å²) in [6.45, 7) is 16.0. The quantitative estimate of drug-likeness (QED) is 0.317. The molecule has 2 unspecified atom stereocenters. The van der Waals surface area contributed by atoms with Gasteiger partial charge in [0.25, 0.3) is 0 Å². The van der Waals surface area contributed by atoms with E-state index >= 15 is 0 Å². The molecule has 192 valence electrons. The lowest BCUT2D eigenvalue weighted by Gasteiger charge is -2.48. The molecular weight excluding hydrogens is 476 g/mol. The van der Waals surface area contributed by atoms with Crippen LogP contribution in [0.15, 0.2) is 67.9 Å². The first-order chi connectivity index (χ1) is 16.5. The van der Waals surface area contributed by atoms with Gasteiger partial charge < -0.3 is 10.6 Å². The van der Waals surface area contributed by atoms with Crippen LogP contribution in [-0.2, 0) is 0 Å². The minimum absolute atomic E-state index is 0.156. The average Bonchev–Trinajstić information content (AvgIpc) is 2.80. The fourth-order valence-corrected chi connectivity index (χ4v) is 5.19. The normalized spacial score (nSPS) is 20.0. The summed E-state index contributed by atoms with van der Waals surface area (Å²) in [6.07, 6.45) is -0.820. The number of halogens is 5. The number of rotatable bonds is 2. The van der Waals surface area contributed by atoms with Crippen molar-refractivity contribution in [3.8, 4) is 0 Å². The van der Waals surface area contributed by atoms with E-state index in [9.17, 15) is 17.6 Å². The number of hydrogen-bond donors (Lipinski definition) is 2. The molecule has 4 rings (SSSR count). The molecular formula is C28H35ClF4N2. The van der Waals surface area contributed by atoms with Crippen molar-refractivity contribution in [2.24, 2.45) is 5.41 Å². The highest BCUT2D eigenvalue weighted by molar-refractivity contribution is 6.30. The minimum Gasteiger partial charge on any atom is -0.388 e. The van der Waals surface area contributed by atoms with E-state index in [0.717, 1.165) is 44.2 Å². The second-order valence-electron chi connectivity index (χ2n) is 9.20. The Hall–Kier alpha value is -2.31. The summed E-state index contributed by atoms with van der Waals surface area (Å²) in [5, 5.41) is 7.19. The molecule has 0 aromatic heterocycles. The van der Waals surface area contributed by atoms with Crippen LogP contribution in [0.5, 0.6) is 0 Å². The molecule has 2 aliphatic heterocycles. The zero-order valence-corrected chi connectivity index (χ0v) is 21.2. The van der Waals surface area contributed by atoms with E-state index in [2.05, 4.69) is 30.4 Å². The number of benzene rings is 2. The Morgan fingerprint density at radius 3 is 2.20 bits per heavy atom. The Balaban J connectivity index is 0.000000241. The van der Waals surface area contributed by atoms with Crippen molar-refractivity contribution in [2.45, 2.75) is 51.1 Å². The fourth-order valence-electron chi connectivity index (χ4n) is 4.89. The SMILES string of the molecule is C=C.C=C1CC2(CCNCC2)C(c2ccc(F)cc2)CN1.Cc1cc(Cl)cc(C(C)C(F)(F)F)c1. The van der Waals surface area contributed by atoms with Crippen LogP contribution in [0.25, 0.3) is 0 Å². The van der Waals surface area contributed by atoms with E-state index in [1.807, 2.05) is 12.1 Å². The van der Waals surface area contributed by atoms with Gasteiger partial charge >= 0.3 is 6.18 Å². The summed E-state index contributed by atoms with van der Waals surface area (Å²) >= 11 is 5.68. The van der Waals surface area contributed by atoms with Gasteiger partial charge in [-0.2, -0.15) is 13.2 Å². The highest BCUT2D eigenvalue weighted by atomic mass is 35.5. The maximum Gasteiger partial charge on any atom is 0.395 e. The van der Waals surface area contributed by atoms with Crippen molar-refractivity contribution in [1.82, 2.24) is 10.6 Å². The molecule has 1 spiro atoms. The molecule has 2 saturated heterocycles. The van der Waals surface area contributed by atoms with Crippen LogP contribution in [0.2, 0.25) is 5.02 Å². The molecule has 35 heavy (non-hydrogen) atoms. The fraction of sp³-hybridized carbons (Fsp3) is 0.429. The number of aryl methyl sites for hydroxylation is 1. The van der Waals surface area contributed by atoms with Crippen molar-refractivity contribution >= 4 is 11.6 Å². The first-order valence-corrected chi connectivity index (χ1v) is 12.1. The van der Waals surface area contributed by atoms with Crippen molar-refractivity contribution < 1.29 is 17.6 Å². The van der Waals surface area contributed by atoms with E-state index in [1.165, 1.54) is 30.5 Å². The van der Waals surface area contributed by atoms with E-state index in [-0.39, 0.29) is 11.4 Å². The third-order valence-electron chi connectivity index (χ3n) is 6.79. The second kappa shape index (κ2) is 12.6. The maximum atomic E-state index is 13.1. The van der Waals surface area contributed by atoms with Crippen LogP contribution in [0.3, 0.4) is 0 Å². The van der Waals surface area contributed by atoms with Crippen LogP contribution in [0, 0.1) is 18.2 Å². The zero-order valence-electron chi connectivity index (χ0n) is 20.4. The van der Waals surface area contributed by atoms with Gasteiger partial charge in [0.2, 0.25) is 0 Å². The van der Waals surface area contributed by atoms with Gasteiger partial charge in [0.05, 0.1) is 5.92 Å². The Labute approximate surface area is 211 Å². The standard InChI is InChI=1S/C16H21FN2.C10H10ClF3.C2H4/c1-12-10-16(6-8-18-9-7-16)15(11-19-12)13-2-4-14(17)5-3-13;1-6-3-8(5-9(11)4-6)7(2)10(12,13)14;1-2/h2-5,15,18-19H,1,6-11H2;3-5,7H,1-2H3;1-2H2. The lowest BCUT2D eigenvalue weighted by molar-refractivity contribution is -0.146. The van der Waals surface area contributed by atoms with Gasteiger partial charge in [-0.15, -0.1) is 13.2 Å². The summed E-state index contributed by atoms with van der Waals surface area (Å²) < 4.78 is 50.2. The molecule has 2 fully saturated rings. The van der Waals surface area contributed by atoms with Gasteiger partial charge in [0, 0.05) is 23.2 Å². The molecule has 2 aromatic rings. The molecule has 2 atom stereocenters. The van der Waals surface area contributed by atoms with Gasteiger partial charge in [0.15, 0.2) is 0 Å². The van der Waals surface area contributed by atoms with Gasteiger partial charge in [-0.25, -0.2) is 4.39 Å². The first kappa shape index (κ1) is 28.9. The highest BCUT2D eigenvalue weighted by Crippen LogP contribution is 2.49. The van der Waals surface area contributed by atoms with E-state index in [0.29, 0.717) is 16.4 Å². The number of piperidine rings is 2. The Bertz CT molecular complexity index is 946. The Morgan fingerprint density at radius 1 is 1.06 bits per heavy atom. The summed E-state index contributed by atoms with van der Waals surface area (Å²) in [4.78, 5) is 0. The van der Waals surface area contributed by atoms with Crippen LogP contribution >= 0.6 is 11.6 Å². The maximum absolute atomic E-state index is 13.1. The van der Waals surface area contributed by atoms with Crippen LogP contribution in [0.1, 0.15) is 54.7 Å². The molecule has 0 radical (unpaired) electrons. The lowest BCUT2D eigenvalue weighted by Crippen LogP contribution is -2.48. The molecule has 2 aliphatic rings. The molecule has 2 aromatic carbocycles. The van der Waals surface area contributed by atoms with E-state index < -0.39 is 12.1 Å². The Morgan fingerprint density at radius 2 is 1.66 bits per heavy atom. The average molecular weight is 511 g/mol. The molecule has 7 heteroatoms. The topological polar surface area (TPSA) is 24.1 Å². The molecule has 2 nitrogen and oxygen atoms in total. The second-order valence-corrected chi connectivity index (χ2v) is 9.64. The van der Waals surface area contributed by atoms with Gasteiger partial charge in [0.1, 0.15) is 5.82 Å². The largest absolute Gasteiger partial charge is 0.395 e. The van der Waals surface area contributed by atoms with Gasteiger partial charge in [-0.1, -0.05) is 36.4 Å². The monoisotopic (exact) mass is 510 g/mol. The molecule has 2 N–H and O–H groups in total. The van der Waals surface area contributed by atoms with Crippen LogP contribution < -0.4 is 10.6 Å². The summed E-state index contributed by atoms with van der Waals surface area (Å²) in [6, 6.07) is 11.5. The van der Waals surface area contributed by atoms with Crippen LogP contribution in [-0.4, -0.2) is 25.8 Å². The minimum atomic E-state index is -4.21. The summed E-state index contributed by atoms with van der Waals surface area (Å²) in [7, 11) is 0. The van der Waals surface area contributed by atoms with Crippen LogP contribution in [0.4, 0.5) is 17.6 Å². The molecule has 2 heterocycles. The Kier molecular flexibility index (Phi) is 10.4. The number of allylic oxidation sites excluding steroid dienone is 1. The number of hydrogen-bond acceptors (Lipinski definition) is 2. The smallest absolute Gasteiger partial charge is 0.388 e. The molecule has 0 amide bonds.